The standard InChI is InChI=1S/C15H13Cl2N3/c1-2-20-14-8-10(16)4-6-13(14)19-15(20)9-3-5-11(17)12(18)7-9/h3-8H,2,18H2,1H3. The molecular formula is C15H13Cl2N3. The van der Waals surface area contributed by atoms with Gasteiger partial charge in [-0.3, -0.25) is 0 Å². The summed E-state index contributed by atoms with van der Waals surface area (Å²) < 4.78 is 2.11. The number of hydrogen-bond acceptors (Lipinski definition) is 2. The number of hydrogen-bond donors (Lipinski definition) is 1. The van der Waals surface area contributed by atoms with Crippen LogP contribution in [0.25, 0.3) is 22.4 Å². The van der Waals surface area contributed by atoms with Crippen molar-refractivity contribution in [3.63, 3.8) is 0 Å². The van der Waals surface area contributed by atoms with Crippen molar-refractivity contribution in [3.05, 3.63) is 46.4 Å². The minimum atomic E-state index is 0.552. The summed E-state index contributed by atoms with van der Waals surface area (Å²) in [6.07, 6.45) is 0. The number of benzene rings is 2. The second kappa shape index (κ2) is 5.00. The van der Waals surface area contributed by atoms with Gasteiger partial charge < -0.3 is 10.3 Å². The number of fused-ring (bicyclic) bond motifs is 1. The van der Waals surface area contributed by atoms with Gasteiger partial charge in [-0.15, -0.1) is 0 Å². The van der Waals surface area contributed by atoms with Crippen molar-refractivity contribution in [2.75, 3.05) is 5.73 Å². The van der Waals surface area contributed by atoms with Crippen molar-refractivity contribution in [1.82, 2.24) is 9.55 Å². The minimum Gasteiger partial charge on any atom is -0.398 e. The summed E-state index contributed by atoms with van der Waals surface area (Å²) in [5.74, 6) is 0.869. The average Bonchev–Trinajstić information content (AvgIpc) is 2.79. The topological polar surface area (TPSA) is 43.8 Å². The molecule has 1 heterocycles. The molecule has 0 spiro atoms. The molecule has 20 heavy (non-hydrogen) atoms. The molecule has 3 rings (SSSR count). The molecule has 0 aliphatic rings. The first-order valence-electron chi connectivity index (χ1n) is 6.31. The normalized spacial score (nSPS) is 11.2. The molecule has 0 amide bonds. The quantitative estimate of drug-likeness (QED) is 0.702. The third-order valence-electron chi connectivity index (χ3n) is 3.28. The maximum Gasteiger partial charge on any atom is 0.141 e. The van der Waals surface area contributed by atoms with Crippen molar-refractivity contribution in [2.24, 2.45) is 0 Å². The fourth-order valence-electron chi connectivity index (χ4n) is 2.32. The number of imidazole rings is 1. The van der Waals surface area contributed by atoms with Crippen LogP contribution in [0.3, 0.4) is 0 Å². The molecule has 5 heteroatoms. The second-order valence-electron chi connectivity index (χ2n) is 4.55. The van der Waals surface area contributed by atoms with E-state index in [1.165, 1.54) is 0 Å². The van der Waals surface area contributed by atoms with Gasteiger partial charge in [-0.2, -0.15) is 0 Å². The minimum absolute atomic E-state index is 0.552. The molecule has 0 bridgehead atoms. The Hall–Kier alpha value is -1.71. The number of aromatic nitrogens is 2. The Balaban J connectivity index is 2.27. The highest BCUT2D eigenvalue weighted by molar-refractivity contribution is 6.33. The van der Waals surface area contributed by atoms with Crippen molar-refractivity contribution in [3.8, 4) is 11.4 Å². The number of anilines is 1. The lowest BCUT2D eigenvalue weighted by Gasteiger charge is -2.07. The lowest BCUT2D eigenvalue weighted by atomic mass is 10.2. The van der Waals surface area contributed by atoms with Gasteiger partial charge in [0.1, 0.15) is 5.82 Å². The molecule has 0 unspecified atom stereocenters. The zero-order chi connectivity index (χ0) is 14.3. The predicted molar refractivity (Wildman–Crippen MR) is 85.3 cm³/mol. The number of nitrogens with two attached hydrogens (primary N) is 1. The van der Waals surface area contributed by atoms with Crippen LogP contribution in [0.15, 0.2) is 36.4 Å². The van der Waals surface area contributed by atoms with Gasteiger partial charge in [-0.05, 0) is 43.3 Å². The second-order valence-corrected chi connectivity index (χ2v) is 5.39. The van der Waals surface area contributed by atoms with Gasteiger partial charge in [-0.1, -0.05) is 23.2 Å². The number of halogens is 2. The Morgan fingerprint density at radius 2 is 1.95 bits per heavy atom. The van der Waals surface area contributed by atoms with Crippen molar-refractivity contribution in [1.29, 1.82) is 0 Å². The summed E-state index contributed by atoms with van der Waals surface area (Å²) in [4.78, 5) is 4.67. The van der Waals surface area contributed by atoms with Crippen molar-refractivity contribution in [2.45, 2.75) is 13.5 Å². The summed E-state index contributed by atoms with van der Waals surface area (Å²) in [5.41, 5.74) is 9.31. The number of rotatable bonds is 2. The highest BCUT2D eigenvalue weighted by atomic mass is 35.5. The number of aryl methyl sites for hydroxylation is 1. The van der Waals surface area contributed by atoms with Crippen LogP contribution in [0.2, 0.25) is 10.0 Å². The zero-order valence-corrected chi connectivity index (χ0v) is 12.4. The van der Waals surface area contributed by atoms with Crippen LogP contribution in [0, 0.1) is 0 Å². The van der Waals surface area contributed by atoms with E-state index >= 15 is 0 Å². The summed E-state index contributed by atoms with van der Waals surface area (Å²) in [6.45, 7) is 2.87. The Bertz CT molecular complexity index is 793. The first-order chi connectivity index (χ1) is 9.60. The molecular weight excluding hydrogens is 293 g/mol. The van der Waals surface area contributed by atoms with Crippen LogP contribution >= 0.6 is 23.2 Å². The van der Waals surface area contributed by atoms with Crippen molar-refractivity contribution < 1.29 is 0 Å². The van der Waals surface area contributed by atoms with Gasteiger partial charge in [0, 0.05) is 17.1 Å². The van der Waals surface area contributed by atoms with E-state index in [-0.39, 0.29) is 0 Å². The molecule has 0 atom stereocenters. The van der Waals surface area contributed by atoms with E-state index in [0.29, 0.717) is 15.7 Å². The van der Waals surface area contributed by atoms with Crippen LogP contribution in [-0.4, -0.2) is 9.55 Å². The Morgan fingerprint density at radius 3 is 2.65 bits per heavy atom. The predicted octanol–water partition coefficient (Wildman–Crippen LogP) is 4.61. The lowest BCUT2D eigenvalue weighted by Crippen LogP contribution is -1.98. The maximum absolute atomic E-state index is 6.07. The number of nitrogen functional groups attached to an aromatic ring is 1. The first kappa shape index (κ1) is 13.3. The van der Waals surface area contributed by atoms with Crippen LogP contribution in [0.5, 0.6) is 0 Å². The smallest absolute Gasteiger partial charge is 0.141 e. The van der Waals surface area contributed by atoms with E-state index in [4.69, 9.17) is 28.9 Å². The largest absolute Gasteiger partial charge is 0.398 e. The summed E-state index contributed by atoms with van der Waals surface area (Å²) in [6, 6.07) is 11.3. The fraction of sp³-hybridized carbons (Fsp3) is 0.133. The SMILES string of the molecule is CCn1c(-c2ccc(Cl)c(N)c2)nc2ccc(Cl)cc21. The Morgan fingerprint density at radius 1 is 1.15 bits per heavy atom. The molecule has 2 N–H and O–H groups in total. The Labute approximate surface area is 126 Å². The van der Waals surface area contributed by atoms with Crippen LogP contribution in [0.4, 0.5) is 5.69 Å². The van der Waals surface area contributed by atoms with E-state index in [9.17, 15) is 0 Å². The Kier molecular flexibility index (Phi) is 3.32. The van der Waals surface area contributed by atoms with Gasteiger partial charge in [0.15, 0.2) is 0 Å². The van der Waals surface area contributed by atoms with Crippen LogP contribution in [-0.2, 0) is 6.54 Å². The molecule has 2 aromatic carbocycles. The van der Waals surface area contributed by atoms with Gasteiger partial charge >= 0.3 is 0 Å². The molecule has 0 aliphatic heterocycles. The molecule has 102 valence electrons. The molecule has 3 nitrogen and oxygen atoms in total. The third-order valence-corrected chi connectivity index (χ3v) is 3.86. The average molecular weight is 306 g/mol. The summed E-state index contributed by atoms with van der Waals surface area (Å²) in [7, 11) is 0. The molecule has 0 fully saturated rings. The maximum atomic E-state index is 6.07. The fourth-order valence-corrected chi connectivity index (χ4v) is 2.60. The molecule has 3 aromatic rings. The third kappa shape index (κ3) is 2.13. The highest BCUT2D eigenvalue weighted by Gasteiger charge is 2.12. The van der Waals surface area contributed by atoms with E-state index < -0.39 is 0 Å². The summed E-state index contributed by atoms with van der Waals surface area (Å²) >= 11 is 12.0. The van der Waals surface area contributed by atoms with Crippen LogP contribution in [0.1, 0.15) is 6.92 Å². The van der Waals surface area contributed by atoms with Crippen LogP contribution < -0.4 is 5.73 Å². The molecule has 0 radical (unpaired) electrons. The lowest BCUT2D eigenvalue weighted by molar-refractivity contribution is 0.796. The van der Waals surface area contributed by atoms with E-state index in [1.807, 2.05) is 30.3 Å². The van der Waals surface area contributed by atoms with E-state index in [2.05, 4.69) is 16.5 Å². The molecule has 0 saturated heterocycles. The molecule has 1 aromatic heterocycles. The highest BCUT2D eigenvalue weighted by Crippen LogP contribution is 2.30. The van der Waals surface area contributed by atoms with Gasteiger partial charge in [0.05, 0.1) is 21.7 Å². The number of nitrogens with zero attached hydrogens (tertiary/aromatic N) is 2. The van der Waals surface area contributed by atoms with E-state index in [0.717, 1.165) is 29.0 Å². The molecule has 0 saturated carbocycles. The first-order valence-corrected chi connectivity index (χ1v) is 7.07. The zero-order valence-electron chi connectivity index (χ0n) is 10.9. The van der Waals surface area contributed by atoms with Gasteiger partial charge in [0.25, 0.3) is 0 Å². The van der Waals surface area contributed by atoms with Gasteiger partial charge in [0.2, 0.25) is 0 Å². The van der Waals surface area contributed by atoms with Crippen molar-refractivity contribution >= 4 is 39.9 Å². The molecule has 0 aliphatic carbocycles. The van der Waals surface area contributed by atoms with Gasteiger partial charge in [-0.25, -0.2) is 4.98 Å². The van der Waals surface area contributed by atoms with E-state index in [1.54, 1.807) is 6.07 Å². The monoisotopic (exact) mass is 305 g/mol. The summed E-state index contributed by atoms with van der Waals surface area (Å²) in [5, 5.41) is 1.25.